The van der Waals surface area contributed by atoms with Gasteiger partial charge < -0.3 is 15.5 Å². The number of piperidine rings is 1. The number of nitrogens with one attached hydrogen (secondary N) is 2. The standard InChI is InChI=1S/C32H34ClFN4O4S/c1-43(41,42)38-20-32(26-4-2-3-5-29(26)38)12-14-37(15-13-32)31(40)28(16-21-6-9-24(33)10-7-21)36-30(39)27-18-23-17-25(34)11-8-22(23)19-35-27/h2-11,17,27-28,35H,12-16,18-20H2,1H3,(H,36,39). The Bertz CT molecular complexity index is 1660. The molecule has 3 heterocycles. The number of hydrogen-bond donors (Lipinski definition) is 2. The van der Waals surface area contributed by atoms with Crippen LogP contribution in [-0.2, 0) is 44.4 Å². The highest BCUT2D eigenvalue weighted by molar-refractivity contribution is 7.92. The first kappa shape index (κ1) is 29.6. The van der Waals surface area contributed by atoms with Crippen LogP contribution in [0.25, 0.3) is 0 Å². The van der Waals surface area contributed by atoms with Gasteiger partial charge in [-0.25, -0.2) is 12.8 Å². The predicted octanol–water partition coefficient (Wildman–Crippen LogP) is 3.56. The smallest absolute Gasteiger partial charge is 0.245 e. The van der Waals surface area contributed by atoms with E-state index in [1.54, 1.807) is 23.1 Å². The molecular formula is C32H34ClFN4O4S. The van der Waals surface area contributed by atoms with Crippen molar-refractivity contribution in [1.82, 2.24) is 15.5 Å². The van der Waals surface area contributed by atoms with Crippen LogP contribution in [0.2, 0.25) is 5.02 Å². The van der Waals surface area contributed by atoms with Gasteiger partial charge in [-0.15, -0.1) is 0 Å². The number of benzene rings is 3. The van der Waals surface area contributed by atoms with E-state index in [0.717, 1.165) is 22.3 Å². The van der Waals surface area contributed by atoms with E-state index in [2.05, 4.69) is 10.6 Å². The molecule has 11 heteroatoms. The summed E-state index contributed by atoms with van der Waals surface area (Å²) in [4.78, 5) is 29.3. The summed E-state index contributed by atoms with van der Waals surface area (Å²) in [5.41, 5.74) is 3.91. The van der Waals surface area contributed by atoms with Gasteiger partial charge in [-0.3, -0.25) is 13.9 Å². The third kappa shape index (κ3) is 6.01. The van der Waals surface area contributed by atoms with Gasteiger partial charge in [-0.2, -0.15) is 0 Å². The molecule has 0 radical (unpaired) electrons. The monoisotopic (exact) mass is 624 g/mol. The van der Waals surface area contributed by atoms with E-state index >= 15 is 0 Å². The van der Waals surface area contributed by atoms with Gasteiger partial charge >= 0.3 is 0 Å². The van der Waals surface area contributed by atoms with Crippen molar-refractivity contribution in [2.24, 2.45) is 0 Å². The summed E-state index contributed by atoms with van der Waals surface area (Å²) < 4.78 is 40.5. The van der Waals surface area contributed by atoms with Crippen molar-refractivity contribution >= 4 is 39.1 Å². The molecule has 3 aromatic rings. The Morgan fingerprint density at radius 3 is 2.51 bits per heavy atom. The van der Waals surface area contributed by atoms with Crippen LogP contribution in [0.15, 0.2) is 66.7 Å². The maximum Gasteiger partial charge on any atom is 0.245 e. The molecule has 2 N–H and O–H groups in total. The molecule has 3 aliphatic rings. The minimum absolute atomic E-state index is 0.188. The fourth-order valence-electron chi connectivity index (χ4n) is 6.68. The van der Waals surface area contributed by atoms with Gasteiger partial charge in [-0.1, -0.05) is 48.0 Å². The molecule has 2 amide bonds. The second-order valence-electron chi connectivity index (χ2n) is 11.8. The summed E-state index contributed by atoms with van der Waals surface area (Å²) in [5.74, 6) is -0.848. The fourth-order valence-corrected chi connectivity index (χ4v) is 7.80. The number of halogens is 2. The molecule has 6 rings (SSSR count). The first-order valence-corrected chi connectivity index (χ1v) is 16.7. The first-order valence-electron chi connectivity index (χ1n) is 14.4. The number of hydrogen-bond acceptors (Lipinski definition) is 5. The first-order chi connectivity index (χ1) is 20.5. The minimum Gasteiger partial charge on any atom is -0.343 e. The molecule has 1 spiro atoms. The summed E-state index contributed by atoms with van der Waals surface area (Å²) in [6, 6.07) is 18.0. The molecule has 1 saturated heterocycles. The predicted molar refractivity (Wildman–Crippen MR) is 164 cm³/mol. The molecule has 2 atom stereocenters. The lowest BCUT2D eigenvalue weighted by molar-refractivity contribution is -0.138. The van der Waals surface area contributed by atoms with E-state index in [1.165, 1.54) is 22.7 Å². The summed E-state index contributed by atoms with van der Waals surface area (Å²) >= 11 is 6.08. The Balaban J connectivity index is 1.19. The van der Waals surface area contributed by atoms with Gasteiger partial charge in [0.2, 0.25) is 21.8 Å². The van der Waals surface area contributed by atoms with Crippen LogP contribution in [0, 0.1) is 5.82 Å². The Kier molecular flexibility index (Phi) is 7.95. The number of nitrogens with zero attached hydrogens (tertiary/aromatic N) is 2. The van der Waals surface area contributed by atoms with Gasteiger partial charge in [0.15, 0.2) is 0 Å². The third-order valence-electron chi connectivity index (χ3n) is 9.04. The maximum atomic E-state index is 14.0. The van der Waals surface area contributed by atoms with E-state index in [-0.39, 0.29) is 29.5 Å². The van der Waals surface area contributed by atoms with Crippen molar-refractivity contribution in [3.05, 3.63) is 99.8 Å². The SMILES string of the molecule is CS(=O)(=O)N1CC2(CCN(C(=O)C(Cc3ccc(Cl)cc3)NC(=O)C3Cc4cc(F)ccc4CN3)CC2)c2ccccc21. The molecule has 226 valence electrons. The van der Waals surface area contributed by atoms with Crippen molar-refractivity contribution in [1.29, 1.82) is 0 Å². The van der Waals surface area contributed by atoms with E-state index in [0.29, 0.717) is 56.2 Å². The molecular weight excluding hydrogens is 591 g/mol. The summed E-state index contributed by atoms with van der Waals surface area (Å²) in [7, 11) is -3.45. The number of carbonyl (C=O) groups is 2. The zero-order chi connectivity index (χ0) is 30.4. The Morgan fingerprint density at radius 2 is 1.79 bits per heavy atom. The van der Waals surface area contributed by atoms with Crippen LogP contribution in [0.3, 0.4) is 0 Å². The Morgan fingerprint density at radius 1 is 1.07 bits per heavy atom. The lowest BCUT2D eigenvalue weighted by Crippen LogP contribution is -2.57. The summed E-state index contributed by atoms with van der Waals surface area (Å²) in [6.07, 6.45) is 3.04. The van der Waals surface area contributed by atoms with Crippen molar-refractivity contribution in [2.75, 3.05) is 30.2 Å². The number of carbonyl (C=O) groups excluding carboxylic acids is 2. The van der Waals surface area contributed by atoms with E-state index in [4.69, 9.17) is 11.6 Å². The maximum absolute atomic E-state index is 14.0. The fraction of sp³-hybridized carbons (Fsp3) is 0.375. The summed E-state index contributed by atoms with van der Waals surface area (Å²) in [5, 5.41) is 6.78. The van der Waals surface area contributed by atoms with Crippen LogP contribution in [0.4, 0.5) is 10.1 Å². The lowest BCUT2D eigenvalue weighted by Gasteiger charge is -2.41. The molecule has 3 aromatic carbocycles. The Labute approximate surface area is 256 Å². The number of likely N-dealkylation sites (tertiary alicyclic amines) is 1. The van der Waals surface area contributed by atoms with Gasteiger partial charge in [-0.05, 0) is 71.8 Å². The number of fused-ring (bicyclic) bond motifs is 3. The van der Waals surface area contributed by atoms with Gasteiger partial charge in [0.1, 0.15) is 11.9 Å². The zero-order valence-corrected chi connectivity index (χ0v) is 25.4. The average molecular weight is 625 g/mol. The molecule has 2 unspecified atom stereocenters. The zero-order valence-electron chi connectivity index (χ0n) is 23.9. The summed E-state index contributed by atoms with van der Waals surface area (Å²) in [6.45, 7) is 1.66. The number of para-hydroxylation sites is 1. The van der Waals surface area contributed by atoms with Crippen molar-refractivity contribution in [2.45, 2.75) is 49.7 Å². The van der Waals surface area contributed by atoms with E-state index in [9.17, 15) is 22.4 Å². The molecule has 43 heavy (non-hydrogen) atoms. The molecule has 8 nitrogen and oxygen atoms in total. The van der Waals surface area contributed by atoms with Crippen molar-refractivity contribution in [3.63, 3.8) is 0 Å². The second-order valence-corrected chi connectivity index (χ2v) is 14.2. The molecule has 0 saturated carbocycles. The van der Waals surface area contributed by atoms with Gasteiger partial charge in [0.25, 0.3) is 0 Å². The number of anilines is 1. The topological polar surface area (TPSA) is 98.8 Å². The highest BCUT2D eigenvalue weighted by Gasteiger charge is 2.48. The number of sulfonamides is 1. The molecule has 1 fully saturated rings. The molecule has 3 aliphatic heterocycles. The lowest BCUT2D eigenvalue weighted by atomic mass is 9.74. The van der Waals surface area contributed by atoms with Crippen LogP contribution in [0.1, 0.15) is 35.1 Å². The van der Waals surface area contributed by atoms with E-state index < -0.39 is 22.1 Å². The Hall–Kier alpha value is -3.47. The van der Waals surface area contributed by atoms with Crippen LogP contribution in [-0.4, -0.2) is 63.1 Å². The number of rotatable bonds is 6. The third-order valence-corrected chi connectivity index (χ3v) is 10.4. The van der Waals surface area contributed by atoms with E-state index in [1.807, 2.05) is 36.4 Å². The quantitative estimate of drug-likeness (QED) is 0.437. The van der Waals surface area contributed by atoms with Gasteiger partial charge in [0.05, 0.1) is 18.0 Å². The second kappa shape index (κ2) is 11.6. The van der Waals surface area contributed by atoms with Crippen molar-refractivity contribution < 1.29 is 22.4 Å². The van der Waals surface area contributed by atoms with Gasteiger partial charge in [0, 0.05) is 43.0 Å². The molecule has 0 aliphatic carbocycles. The highest BCUT2D eigenvalue weighted by atomic mass is 35.5. The average Bonchev–Trinajstić information content (AvgIpc) is 3.32. The normalized spacial score (nSPS) is 19.9. The van der Waals surface area contributed by atoms with Crippen LogP contribution in [0.5, 0.6) is 0 Å². The molecule has 0 bridgehead atoms. The van der Waals surface area contributed by atoms with Crippen LogP contribution >= 0.6 is 11.6 Å². The molecule has 0 aromatic heterocycles. The van der Waals surface area contributed by atoms with Crippen molar-refractivity contribution in [3.8, 4) is 0 Å². The minimum atomic E-state index is -3.45. The highest BCUT2D eigenvalue weighted by Crippen LogP contribution is 2.47. The van der Waals surface area contributed by atoms with Crippen LogP contribution < -0.4 is 14.9 Å². The largest absolute Gasteiger partial charge is 0.343 e. The number of amides is 2.